The molecule has 0 aliphatic heterocycles. The quantitative estimate of drug-likeness (QED) is 0.824. The fraction of sp³-hybridized carbons (Fsp3) is 0.333. The van der Waals surface area contributed by atoms with Crippen LogP contribution in [0.15, 0.2) is 41.8 Å². The lowest BCUT2D eigenvalue weighted by molar-refractivity contribution is 0.217. The van der Waals surface area contributed by atoms with Crippen LogP contribution in [0.2, 0.25) is 0 Å². The third-order valence-corrected chi connectivity index (χ3v) is 3.67. The van der Waals surface area contributed by atoms with Gasteiger partial charge in [0, 0.05) is 23.2 Å². The van der Waals surface area contributed by atoms with Gasteiger partial charge in [0.15, 0.2) is 0 Å². The van der Waals surface area contributed by atoms with E-state index in [4.69, 9.17) is 4.74 Å². The van der Waals surface area contributed by atoms with E-state index >= 15 is 0 Å². The van der Waals surface area contributed by atoms with E-state index in [2.05, 4.69) is 48.8 Å². The Balaban J connectivity index is 1.94. The molecule has 0 saturated carbocycles. The van der Waals surface area contributed by atoms with E-state index in [-0.39, 0.29) is 6.10 Å². The van der Waals surface area contributed by atoms with Crippen LogP contribution in [0.25, 0.3) is 0 Å². The molecule has 1 aromatic carbocycles. The lowest BCUT2D eigenvalue weighted by atomic mass is 10.2. The van der Waals surface area contributed by atoms with E-state index in [0.29, 0.717) is 0 Å². The normalized spacial score (nSPS) is 12.1. The lowest BCUT2D eigenvalue weighted by Crippen LogP contribution is -2.09. The van der Waals surface area contributed by atoms with Gasteiger partial charge in [-0.3, -0.25) is 0 Å². The Hall–Kier alpha value is -1.48. The highest BCUT2D eigenvalue weighted by molar-refractivity contribution is 7.09. The second kappa shape index (κ2) is 6.45. The summed E-state index contributed by atoms with van der Waals surface area (Å²) in [4.78, 5) is 1.34. The van der Waals surface area contributed by atoms with Crippen molar-refractivity contribution in [2.45, 2.75) is 32.9 Å². The molecule has 3 heteroatoms. The predicted molar refractivity (Wildman–Crippen MR) is 78.5 cm³/mol. The Kier molecular flexibility index (Phi) is 4.65. The lowest BCUT2D eigenvalue weighted by Gasteiger charge is -2.13. The number of ether oxygens (including phenoxy) is 1. The first-order valence-electron chi connectivity index (χ1n) is 6.31. The molecule has 2 nitrogen and oxygen atoms in total. The summed E-state index contributed by atoms with van der Waals surface area (Å²) in [6.45, 7) is 5.08. The number of thiophene rings is 1. The third kappa shape index (κ3) is 3.77. The molecule has 0 aliphatic carbocycles. The average Bonchev–Trinajstić information content (AvgIpc) is 2.90. The zero-order valence-electron chi connectivity index (χ0n) is 10.8. The van der Waals surface area contributed by atoms with Gasteiger partial charge in [0.2, 0.25) is 0 Å². The van der Waals surface area contributed by atoms with E-state index in [1.807, 2.05) is 12.1 Å². The molecule has 2 aromatic rings. The van der Waals surface area contributed by atoms with E-state index in [9.17, 15) is 0 Å². The van der Waals surface area contributed by atoms with Crippen LogP contribution >= 0.6 is 11.3 Å². The largest absolute Gasteiger partial charge is 0.491 e. The predicted octanol–water partition coefficient (Wildman–Crippen LogP) is 4.54. The van der Waals surface area contributed by atoms with Crippen LogP contribution in [-0.4, -0.2) is 6.10 Å². The molecule has 0 aliphatic rings. The standard InChI is InChI=1S/C15H19NOS/c1-3-12(2)17-14-7-4-6-13(10-14)16-11-15-8-5-9-18-15/h4-10,12,16H,3,11H2,1-2H3. The Morgan fingerprint density at radius 1 is 1.28 bits per heavy atom. The van der Waals surface area contributed by atoms with Crippen molar-refractivity contribution < 1.29 is 4.74 Å². The number of nitrogens with one attached hydrogen (secondary N) is 1. The molecule has 1 atom stereocenters. The van der Waals surface area contributed by atoms with Gasteiger partial charge in [0.25, 0.3) is 0 Å². The summed E-state index contributed by atoms with van der Waals surface area (Å²) >= 11 is 1.77. The first-order valence-corrected chi connectivity index (χ1v) is 7.19. The zero-order valence-corrected chi connectivity index (χ0v) is 11.7. The summed E-state index contributed by atoms with van der Waals surface area (Å²) in [5.74, 6) is 0.931. The number of hydrogen-bond donors (Lipinski definition) is 1. The highest BCUT2D eigenvalue weighted by Crippen LogP contribution is 2.20. The highest BCUT2D eigenvalue weighted by Gasteiger charge is 2.02. The second-order valence-electron chi connectivity index (χ2n) is 4.30. The maximum atomic E-state index is 5.80. The maximum Gasteiger partial charge on any atom is 0.121 e. The van der Waals surface area contributed by atoms with Gasteiger partial charge in [0.1, 0.15) is 5.75 Å². The summed E-state index contributed by atoms with van der Waals surface area (Å²) in [6, 6.07) is 12.4. The average molecular weight is 261 g/mol. The van der Waals surface area contributed by atoms with Gasteiger partial charge >= 0.3 is 0 Å². The van der Waals surface area contributed by atoms with Crippen molar-refractivity contribution >= 4 is 17.0 Å². The summed E-state index contributed by atoms with van der Waals surface area (Å²) in [7, 11) is 0. The molecule has 0 fully saturated rings. The third-order valence-electron chi connectivity index (χ3n) is 2.79. The van der Waals surface area contributed by atoms with Gasteiger partial charge in [-0.15, -0.1) is 11.3 Å². The van der Waals surface area contributed by atoms with Crippen molar-refractivity contribution in [3.63, 3.8) is 0 Å². The van der Waals surface area contributed by atoms with Crippen LogP contribution in [0.1, 0.15) is 25.1 Å². The van der Waals surface area contributed by atoms with Gasteiger partial charge in [-0.05, 0) is 36.9 Å². The van der Waals surface area contributed by atoms with E-state index < -0.39 is 0 Å². The molecule has 2 rings (SSSR count). The van der Waals surface area contributed by atoms with Crippen molar-refractivity contribution in [2.24, 2.45) is 0 Å². The van der Waals surface area contributed by atoms with Crippen LogP contribution in [0.5, 0.6) is 5.75 Å². The van der Waals surface area contributed by atoms with Crippen LogP contribution in [0, 0.1) is 0 Å². The molecule has 1 N–H and O–H groups in total. The van der Waals surface area contributed by atoms with Crippen molar-refractivity contribution in [1.29, 1.82) is 0 Å². The highest BCUT2D eigenvalue weighted by atomic mass is 32.1. The maximum absolute atomic E-state index is 5.80. The Morgan fingerprint density at radius 2 is 2.17 bits per heavy atom. The van der Waals surface area contributed by atoms with Gasteiger partial charge in [-0.1, -0.05) is 19.1 Å². The monoisotopic (exact) mass is 261 g/mol. The molecule has 0 radical (unpaired) electrons. The fourth-order valence-electron chi connectivity index (χ4n) is 1.60. The molecular weight excluding hydrogens is 242 g/mol. The molecule has 0 bridgehead atoms. The molecule has 96 valence electrons. The minimum atomic E-state index is 0.262. The van der Waals surface area contributed by atoms with Crippen LogP contribution in [-0.2, 0) is 6.54 Å². The summed E-state index contributed by atoms with van der Waals surface area (Å²) in [6.07, 6.45) is 1.28. The Morgan fingerprint density at radius 3 is 2.89 bits per heavy atom. The van der Waals surface area contributed by atoms with Crippen molar-refractivity contribution in [3.8, 4) is 5.75 Å². The number of hydrogen-bond acceptors (Lipinski definition) is 3. The molecular formula is C15H19NOS. The zero-order chi connectivity index (χ0) is 12.8. The number of rotatable bonds is 6. The molecule has 18 heavy (non-hydrogen) atoms. The minimum absolute atomic E-state index is 0.262. The first-order chi connectivity index (χ1) is 8.78. The van der Waals surface area contributed by atoms with E-state index in [1.165, 1.54) is 4.88 Å². The number of anilines is 1. The smallest absolute Gasteiger partial charge is 0.121 e. The molecule has 1 aromatic heterocycles. The van der Waals surface area contributed by atoms with Gasteiger partial charge in [-0.25, -0.2) is 0 Å². The SMILES string of the molecule is CCC(C)Oc1cccc(NCc2cccs2)c1. The van der Waals surface area contributed by atoms with E-state index in [1.54, 1.807) is 11.3 Å². The van der Waals surface area contributed by atoms with Crippen LogP contribution < -0.4 is 10.1 Å². The summed E-state index contributed by atoms with van der Waals surface area (Å²) in [5, 5.41) is 5.51. The van der Waals surface area contributed by atoms with Crippen molar-refractivity contribution in [1.82, 2.24) is 0 Å². The summed E-state index contributed by atoms with van der Waals surface area (Å²) in [5.41, 5.74) is 1.10. The second-order valence-corrected chi connectivity index (χ2v) is 5.33. The van der Waals surface area contributed by atoms with Crippen molar-refractivity contribution in [3.05, 3.63) is 46.7 Å². The van der Waals surface area contributed by atoms with E-state index in [0.717, 1.165) is 24.4 Å². The molecule has 0 saturated heterocycles. The fourth-order valence-corrected chi connectivity index (χ4v) is 2.24. The van der Waals surface area contributed by atoms with Crippen LogP contribution in [0.3, 0.4) is 0 Å². The molecule has 1 unspecified atom stereocenters. The Bertz CT molecular complexity index is 467. The Labute approximate surface area is 113 Å². The number of benzene rings is 1. The van der Waals surface area contributed by atoms with Gasteiger partial charge < -0.3 is 10.1 Å². The van der Waals surface area contributed by atoms with Gasteiger partial charge in [0.05, 0.1) is 6.10 Å². The first kappa shape index (κ1) is 13.0. The summed E-state index contributed by atoms with van der Waals surface area (Å²) < 4.78 is 5.80. The topological polar surface area (TPSA) is 21.3 Å². The molecule has 0 spiro atoms. The molecule has 1 heterocycles. The minimum Gasteiger partial charge on any atom is -0.491 e. The van der Waals surface area contributed by atoms with Crippen LogP contribution in [0.4, 0.5) is 5.69 Å². The van der Waals surface area contributed by atoms with Gasteiger partial charge in [-0.2, -0.15) is 0 Å². The van der Waals surface area contributed by atoms with Crippen molar-refractivity contribution in [2.75, 3.05) is 5.32 Å². The molecule has 0 amide bonds.